The second-order valence-electron chi connectivity index (χ2n) is 8.04. The standard InChI is InChI=1S/C20H27F3N2O4S/c1-30(27,28)14-11-24-7-9-25(10-8-24)18(26)19(5-12-29-13-6-19)16-3-2-4-17(15-16)20(21,22)23/h2-4,15H,5-14H2,1H3. The summed E-state index contributed by atoms with van der Waals surface area (Å²) in [6.07, 6.45) is -2.61. The minimum atomic E-state index is -4.48. The number of amides is 1. The molecule has 6 nitrogen and oxygen atoms in total. The van der Waals surface area contributed by atoms with Gasteiger partial charge in [0.15, 0.2) is 0 Å². The van der Waals surface area contributed by atoms with E-state index in [0.717, 1.165) is 12.1 Å². The summed E-state index contributed by atoms with van der Waals surface area (Å²) in [5.41, 5.74) is -1.41. The molecular weight excluding hydrogens is 421 g/mol. The predicted molar refractivity (Wildman–Crippen MR) is 106 cm³/mol. The lowest BCUT2D eigenvalue weighted by molar-refractivity contribution is -0.144. The van der Waals surface area contributed by atoms with Crippen LogP contribution in [0.4, 0.5) is 13.2 Å². The van der Waals surface area contributed by atoms with Gasteiger partial charge in [0.2, 0.25) is 5.91 Å². The molecule has 0 aliphatic carbocycles. The van der Waals surface area contributed by atoms with Crippen LogP contribution in [0.25, 0.3) is 0 Å². The van der Waals surface area contributed by atoms with E-state index in [0.29, 0.717) is 64.3 Å². The molecule has 2 aliphatic heterocycles. The summed E-state index contributed by atoms with van der Waals surface area (Å²) in [4.78, 5) is 17.2. The molecule has 1 aromatic rings. The van der Waals surface area contributed by atoms with Gasteiger partial charge in [0.25, 0.3) is 0 Å². The third-order valence-corrected chi connectivity index (χ3v) is 6.86. The van der Waals surface area contributed by atoms with Crippen LogP contribution in [0.2, 0.25) is 0 Å². The Morgan fingerprint density at radius 3 is 2.33 bits per heavy atom. The zero-order valence-corrected chi connectivity index (χ0v) is 17.8. The van der Waals surface area contributed by atoms with Gasteiger partial charge in [0, 0.05) is 52.2 Å². The predicted octanol–water partition coefficient (Wildman–Crippen LogP) is 1.94. The minimum Gasteiger partial charge on any atom is -0.381 e. The van der Waals surface area contributed by atoms with Gasteiger partial charge in [0.1, 0.15) is 9.84 Å². The molecule has 0 atom stereocenters. The van der Waals surface area contributed by atoms with Gasteiger partial charge in [-0.2, -0.15) is 13.2 Å². The zero-order valence-electron chi connectivity index (χ0n) is 17.0. The number of ether oxygens (including phenoxy) is 1. The first-order chi connectivity index (χ1) is 14.0. The summed E-state index contributed by atoms with van der Waals surface area (Å²) in [6.45, 7) is 2.96. The number of benzene rings is 1. The van der Waals surface area contributed by atoms with Gasteiger partial charge >= 0.3 is 6.18 Å². The number of rotatable bonds is 5. The van der Waals surface area contributed by atoms with E-state index in [2.05, 4.69) is 0 Å². The number of hydrogen-bond donors (Lipinski definition) is 0. The fourth-order valence-electron chi connectivity index (χ4n) is 4.11. The number of nitrogens with zero attached hydrogens (tertiary/aromatic N) is 2. The first kappa shape index (κ1) is 23.0. The summed E-state index contributed by atoms with van der Waals surface area (Å²) in [7, 11) is -3.06. The molecule has 1 amide bonds. The molecule has 2 aliphatic rings. The van der Waals surface area contributed by atoms with Crippen molar-refractivity contribution in [2.24, 2.45) is 0 Å². The Morgan fingerprint density at radius 1 is 1.13 bits per heavy atom. The van der Waals surface area contributed by atoms with Crippen LogP contribution in [-0.4, -0.2) is 82.1 Å². The average Bonchev–Trinajstić information content (AvgIpc) is 2.71. The van der Waals surface area contributed by atoms with Gasteiger partial charge in [-0.1, -0.05) is 18.2 Å². The van der Waals surface area contributed by atoms with E-state index in [-0.39, 0.29) is 11.7 Å². The normalized spacial score (nSPS) is 20.9. The third-order valence-electron chi connectivity index (χ3n) is 5.94. The van der Waals surface area contributed by atoms with E-state index in [1.165, 1.54) is 12.3 Å². The highest BCUT2D eigenvalue weighted by Crippen LogP contribution is 2.39. The molecule has 0 unspecified atom stereocenters. The topological polar surface area (TPSA) is 66.9 Å². The summed E-state index contributed by atoms with van der Waals surface area (Å²) in [5, 5.41) is 0. The smallest absolute Gasteiger partial charge is 0.381 e. The van der Waals surface area contributed by atoms with Crippen molar-refractivity contribution >= 4 is 15.7 Å². The number of hydrogen-bond acceptors (Lipinski definition) is 5. The highest BCUT2D eigenvalue weighted by atomic mass is 32.2. The van der Waals surface area contributed by atoms with Crippen LogP contribution >= 0.6 is 0 Å². The molecule has 1 aromatic carbocycles. The fraction of sp³-hybridized carbons (Fsp3) is 0.650. The first-order valence-corrected chi connectivity index (χ1v) is 12.0. The van der Waals surface area contributed by atoms with Crippen molar-refractivity contribution < 1.29 is 31.1 Å². The Kier molecular flexibility index (Phi) is 6.78. The summed E-state index contributed by atoms with van der Waals surface area (Å²) < 4.78 is 67.9. The second-order valence-corrected chi connectivity index (χ2v) is 10.3. The third kappa shape index (κ3) is 5.33. The van der Waals surface area contributed by atoms with Crippen LogP contribution < -0.4 is 0 Å². The van der Waals surface area contributed by atoms with Crippen molar-refractivity contribution in [3.63, 3.8) is 0 Å². The van der Waals surface area contributed by atoms with Crippen LogP contribution in [0.5, 0.6) is 0 Å². The van der Waals surface area contributed by atoms with Crippen molar-refractivity contribution in [1.82, 2.24) is 9.80 Å². The van der Waals surface area contributed by atoms with Crippen LogP contribution in [0.3, 0.4) is 0 Å². The number of carbonyl (C=O) groups is 1. The fourth-order valence-corrected chi connectivity index (χ4v) is 4.70. The number of sulfone groups is 1. The number of halogens is 3. The Bertz CT molecular complexity index is 859. The Hall–Kier alpha value is -1.65. The lowest BCUT2D eigenvalue weighted by atomic mass is 9.72. The van der Waals surface area contributed by atoms with Crippen LogP contribution in [-0.2, 0) is 31.0 Å². The summed E-state index contributed by atoms with van der Waals surface area (Å²) in [5.74, 6) is -0.111. The van der Waals surface area contributed by atoms with Crippen LogP contribution in [0.1, 0.15) is 24.0 Å². The molecule has 30 heavy (non-hydrogen) atoms. The van der Waals surface area contributed by atoms with E-state index in [9.17, 15) is 26.4 Å². The molecule has 10 heteroatoms. The molecule has 0 bridgehead atoms. The second kappa shape index (κ2) is 8.84. The largest absolute Gasteiger partial charge is 0.416 e. The maximum atomic E-state index is 13.5. The Balaban J connectivity index is 1.77. The van der Waals surface area contributed by atoms with E-state index in [4.69, 9.17) is 4.74 Å². The van der Waals surface area contributed by atoms with Crippen LogP contribution in [0, 0.1) is 0 Å². The summed E-state index contributed by atoms with van der Waals surface area (Å²) in [6, 6.07) is 5.06. The molecule has 2 saturated heterocycles. The molecule has 2 fully saturated rings. The molecular formula is C20H27F3N2O4S. The van der Waals surface area contributed by atoms with E-state index in [1.807, 2.05) is 4.90 Å². The van der Waals surface area contributed by atoms with Crippen molar-refractivity contribution in [3.8, 4) is 0 Å². The van der Waals surface area contributed by atoms with Crippen molar-refractivity contribution in [2.45, 2.75) is 24.4 Å². The highest BCUT2D eigenvalue weighted by molar-refractivity contribution is 7.90. The van der Waals surface area contributed by atoms with Gasteiger partial charge in [-0.15, -0.1) is 0 Å². The van der Waals surface area contributed by atoms with E-state index in [1.54, 1.807) is 11.0 Å². The van der Waals surface area contributed by atoms with Gasteiger partial charge in [-0.3, -0.25) is 9.69 Å². The SMILES string of the molecule is CS(=O)(=O)CCN1CCN(C(=O)C2(c3cccc(C(F)(F)F)c3)CCOCC2)CC1. The minimum absolute atomic E-state index is 0.0620. The maximum Gasteiger partial charge on any atom is 0.416 e. The molecule has 168 valence electrons. The number of alkyl halides is 3. The molecule has 0 N–H and O–H groups in total. The summed E-state index contributed by atoms with van der Waals surface area (Å²) >= 11 is 0. The molecule has 0 aromatic heterocycles. The molecule has 0 spiro atoms. The maximum absolute atomic E-state index is 13.5. The zero-order chi connectivity index (χ0) is 22.0. The highest BCUT2D eigenvalue weighted by Gasteiger charge is 2.45. The molecule has 2 heterocycles. The van der Waals surface area contributed by atoms with Gasteiger partial charge in [-0.05, 0) is 24.5 Å². The Labute approximate surface area is 174 Å². The first-order valence-electron chi connectivity index (χ1n) is 9.96. The van der Waals surface area contributed by atoms with Crippen molar-refractivity contribution in [2.75, 3.05) is 57.9 Å². The number of carbonyl (C=O) groups excluding carboxylic acids is 1. The molecule has 3 rings (SSSR count). The van der Waals surface area contributed by atoms with E-state index < -0.39 is 27.0 Å². The lowest BCUT2D eigenvalue weighted by Gasteiger charge is -2.43. The van der Waals surface area contributed by atoms with Crippen molar-refractivity contribution in [3.05, 3.63) is 35.4 Å². The van der Waals surface area contributed by atoms with Crippen LogP contribution in [0.15, 0.2) is 24.3 Å². The average molecular weight is 449 g/mol. The van der Waals surface area contributed by atoms with Gasteiger partial charge in [-0.25, -0.2) is 8.42 Å². The Morgan fingerprint density at radius 2 is 1.77 bits per heavy atom. The molecule has 0 saturated carbocycles. The number of piperazine rings is 1. The molecule has 0 radical (unpaired) electrons. The van der Waals surface area contributed by atoms with E-state index >= 15 is 0 Å². The van der Waals surface area contributed by atoms with Crippen molar-refractivity contribution in [1.29, 1.82) is 0 Å². The van der Waals surface area contributed by atoms with Gasteiger partial charge in [0.05, 0.1) is 16.7 Å². The lowest BCUT2D eigenvalue weighted by Crippen LogP contribution is -2.56. The monoisotopic (exact) mass is 448 g/mol. The van der Waals surface area contributed by atoms with Gasteiger partial charge < -0.3 is 9.64 Å². The quantitative estimate of drug-likeness (QED) is 0.689.